The van der Waals surface area contributed by atoms with E-state index in [1.54, 1.807) is 6.92 Å². The first-order valence-corrected chi connectivity index (χ1v) is 5.87. The third-order valence-corrected chi connectivity index (χ3v) is 3.17. The van der Waals surface area contributed by atoms with Crippen molar-refractivity contribution in [3.8, 4) is 0 Å². The molecule has 0 radical (unpaired) electrons. The van der Waals surface area contributed by atoms with Crippen LogP contribution in [-0.4, -0.2) is 59.5 Å². The zero-order chi connectivity index (χ0) is 13.9. The van der Waals surface area contributed by atoms with Crippen molar-refractivity contribution in [3.63, 3.8) is 0 Å². The summed E-state index contributed by atoms with van der Waals surface area (Å²) in [6, 6.07) is -1.57. The highest BCUT2D eigenvalue weighted by Crippen LogP contribution is 2.24. The van der Waals surface area contributed by atoms with Crippen molar-refractivity contribution in [2.75, 3.05) is 20.1 Å². The van der Waals surface area contributed by atoms with E-state index in [-0.39, 0.29) is 5.92 Å². The fourth-order valence-corrected chi connectivity index (χ4v) is 2.28. The van der Waals surface area contributed by atoms with Gasteiger partial charge in [-0.05, 0) is 18.8 Å². The number of alkyl halides is 2. The summed E-state index contributed by atoms with van der Waals surface area (Å²) in [6.45, 7) is 1.37. The Morgan fingerprint density at radius 3 is 2.61 bits per heavy atom. The molecule has 0 aliphatic carbocycles. The molecule has 2 amide bonds. The number of nitrogens with zero attached hydrogens (tertiary/aromatic N) is 2. The van der Waals surface area contributed by atoms with Gasteiger partial charge in [0.25, 0.3) is 6.43 Å². The molecule has 1 heterocycles. The van der Waals surface area contributed by atoms with E-state index in [0.29, 0.717) is 13.0 Å². The van der Waals surface area contributed by atoms with Crippen LogP contribution in [0.15, 0.2) is 0 Å². The number of hydrogen-bond acceptors (Lipinski definition) is 2. The second-order valence-electron chi connectivity index (χ2n) is 4.65. The molecule has 1 saturated heterocycles. The second kappa shape index (κ2) is 5.97. The first kappa shape index (κ1) is 14.7. The second-order valence-corrected chi connectivity index (χ2v) is 4.65. The maximum atomic E-state index is 12.2. The third kappa shape index (κ3) is 3.30. The van der Waals surface area contributed by atoms with Gasteiger partial charge < -0.3 is 14.9 Å². The van der Waals surface area contributed by atoms with E-state index >= 15 is 0 Å². The summed E-state index contributed by atoms with van der Waals surface area (Å²) < 4.78 is 24.4. The molecule has 104 valence electrons. The van der Waals surface area contributed by atoms with E-state index in [1.807, 2.05) is 0 Å². The number of hydrogen-bond donors (Lipinski definition) is 1. The molecule has 18 heavy (non-hydrogen) atoms. The predicted molar refractivity (Wildman–Crippen MR) is 60.6 cm³/mol. The standard InChI is InChI=1S/C11H18F2N2O3/c1-7-4-3-5-15(9(7)10(16)17)11(18)14(2)6-8(12)13/h7-9H,3-6H2,1-2H3,(H,16,17). The molecular weight excluding hydrogens is 246 g/mol. The van der Waals surface area contributed by atoms with Crippen molar-refractivity contribution in [2.45, 2.75) is 32.2 Å². The Bertz CT molecular complexity index is 325. The smallest absolute Gasteiger partial charge is 0.326 e. The zero-order valence-electron chi connectivity index (χ0n) is 10.5. The van der Waals surface area contributed by atoms with Gasteiger partial charge >= 0.3 is 12.0 Å². The van der Waals surface area contributed by atoms with Crippen molar-refractivity contribution in [1.29, 1.82) is 0 Å². The topological polar surface area (TPSA) is 60.9 Å². The van der Waals surface area contributed by atoms with Gasteiger partial charge in [0.15, 0.2) is 0 Å². The summed E-state index contributed by atoms with van der Waals surface area (Å²) in [4.78, 5) is 25.2. The van der Waals surface area contributed by atoms with Crippen molar-refractivity contribution in [3.05, 3.63) is 0 Å². The van der Waals surface area contributed by atoms with Gasteiger partial charge in [-0.15, -0.1) is 0 Å². The van der Waals surface area contributed by atoms with Crippen LogP contribution in [0.5, 0.6) is 0 Å². The number of halogens is 2. The molecule has 1 aliphatic heterocycles. The molecule has 0 spiro atoms. The highest BCUT2D eigenvalue weighted by Gasteiger charge is 2.38. The number of aliphatic carboxylic acids is 1. The van der Waals surface area contributed by atoms with Crippen molar-refractivity contribution in [2.24, 2.45) is 5.92 Å². The number of carboxylic acid groups (broad SMARTS) is 1. The molecule has 0 bridgehead atoms. The summed E-state index contributed by atoms with van der Waals surface area (Å²) in [5.41, 5.74) is 0. The van der Waals surface area contributed by atoms with Crippen LogP contribution >= 0.6 is 0 Å². The summed E-state index contributed by atoms with van der Waals surface area (Å²) in [5.74, 6) is -1.25. The number of carbonyl (C=O) groups is 2. The Labute approximate surface area is 104 Å². The average Bonchev–Trinajstić information content (AvgIpc) is 2.26. The minimum Gasteiger partial charge on any atom is -0.480 e. The molecule has 0 aromatic heterocycles. The molecule has 0 saturated carbocycles. The van der Waals surface area contributed by atoms with Gasteiger partial charge in [0.2, 0.25) is 0 Å². The first-order valence-electron chi connectivity index (χ1n) is 5.87. The van der Waals surface area contributed by atoms with Crippen LogP contribution in [0.4, 0.5) is 13.6 Å². The average molecular weight is 264 g/mol. The maximum absolute atomic E-state index is 12.2. The molecule has 0 aromatic rings. The first-order chi connectivity index (χ1) is 8.34. The quantitative estimate of drug-likeness (QED) is 0.840. The number of piperidine rings is 1. The highest BCUT2D eigenvalue weighted by molar-refractivity contribution is 5.83. The van der Waals surface area contributed by atoms with Crippen LogP contribution in [-0.2, 0) is 4.79 Å². The number of carbonyl (C=O) groups excluding carboxylic acids is 1. The van der Waals surface area contributed by atoms with Gasteiger partial charge in [-0.3, -0.25) is 0 Å². The van der Waals surface area contributed by atoms with E-state index in [9.17, 15) is 18.4 Å². The van der Waals surface area contributed by atoms with Gasteiger partial charge in [-0.2, -0.15) is 0 Å². The minimum atomic E-state index is -2.62. The molecule has 5 nitrogen and oxygen atoms in total. The molecule has 2 unspecified atom stereocenters. The van der Waals surface area contributed by atoms with Crippen LogP contribution in [0.1, 0.15) is 19.8 Å². The van der Waals surface area contributed by atoms with E-state index in [1.165, 1.54) is 11.9 Å². The van der Waals surface area contributed by atoms with E-state index in [0.717, 1.165) is 11.3 Å². The summed E-state index contributed by atoms with van der Waals surface area (Å²) in [7, 11) is 1.26. The van der Waals surface area contributed by atoms with Gasteiger partial charge in [0, 0.05) is 13.6 Å². The van der Waals surface area contributed by atoms with Crippen molar-refractivity contribution >= 4 is 12.0 Å². The Morgan fingerprint density at radius 1 is 1.50 bits per heavy atom. The fraction of sp³-hybridized carbons (Fsp3) is 0.818. The molecule has 1 N–H and O–H groups in total. The summed E-state index contributed by atoms with van der Waals surface area (Å²) in [6.07, 6.45) is -1.21. The Balaban J connectivity index is 2.78. The molecular formula is C11H18F2N2O3. The molecule has 1 aliphatic rings. The van der Waals surface area contributed by atoms with Crippen LogP contribution in [0.25, 0.3) is 0 Å². The predicted octanol–water partition coefficient (Wildman–Crippen LogP) is 1.49. The van der Waals surface area contributed by atoms with Crippen LogP contribution in [0.2, 0.25) is 0 Å². The number of carboxylic acids is 1. The molecule has 1 fully saturated rings. The molecule has 0 aromatic carbocycles. The van der Waals surface area contributed by atoms with Gasteiger partial charge in [-0.25, -0.2) is 18.4 Å². The molecule has 1 rings (SSSR count). The van der Waals surface area contributed by atoms with Gasteiger partial charge in [-0.1, -0.05) is 6.92 Å². The van der Waals surface area contributed by atoms with Crippen LogP contribution < -0.4 is 0 Å². The molecule has 2 atom stereocenters. The Morgan fingerprint density at radius 2 is 2.11 bits per heavy atom. The largest absolute Gasteiger partial charge is 0.480 e. The zero-order valence-corrected chi connectivity index (χ0v) is 10.5. The van der Waals surface area contributed by atoms with E-state index < -0.39 is 31.0 Å². The number of likely N-dealkylation sites (tertiary alicyclic amines) is 1. The Hall–Kier alpha value is -1.40. The lowest BCUT2D eigenvalue weighted by atomic mass is 9.91. The molecule has 7 heteroatoms. The van der Waals surface area contributed by atoms with E-state index in [2.05, 4.69) is 0 Å². The van der Waals surface area contributed by atoms with Crippen LogP contribution in [0, 0.1) is 5.92 Å². The van der Waals surface area contributed by atoms with Gasteiger partial charge in [0.1, 0.15) is 6.04 Å². The summed E-state index contributed by atoms with van der Waals surface area (Å²) in [5, 5.41) is 9.13. The normalized spacial score (nSPS) is 24.2. The highest BCUT2D eigenvalue weighted by atomic mass is 19.3. The SMILES string of the molecule is CC1CCCN(C(=O)N(C)CC(F)F)C1C(=O)O. The van der Waals surface area contributed by atoms with Crippen molar-refractivity contribution < 1.29 is 23.5 Å². The van der Waals surface area contributed by atoms with E-state index in [4.69, 9.17) is 5.11 Å². The lowest BCUT2D eigenvalue weighted by Gasteiger charge is -2.39. The van der Waals surface area contributed by atoms with Crippen LogP contribution in [0.3, 0.4) is 0 Å². The van der Waals surface area contributed by atoms with Gasteiger partial charge in [0.05, 0.1) is 6.54 Å². The number of amides is 2. The maximum Gasteiger partial charge on any atom is 0.326 e. The summed E-state index contributed by atoms with van der Waals surface area (Å²) >= 11 is 0. The minimum absolute atomic E-state index is 0.167. The van der Waals surface area contributed by atoms with Crippen molar-refractivity contribution in [1.82, 2.24) is 9.80 Å². The number of rotatable bonds is 3. The number of urea groups is 1. The Kier molecular flexibility index (Phi) is 4.86. The third-order valence-electron chi connectivity index (χ3n) is 3.17. The lowest BCUT2D eigenvalue weighted by Crippen LogP contribution is -2.55. The lowest BCUT2D eigenvalue weighted by molar-refractivity contribution is -0.145. The fourth-order valence-electron chi connectivity index (χ4n) is 2.28. The monoisotopic (exact) mass is 264 g/mol.